The molecule has 3 nitrogen and oxygen atoms in total. The van der Waals surface area contributed by atoms with Crippen LogP contribution in [0.1, 0.15) is 5.56 Å². The maximum absolute atomic E-state index is 5.78. The second kappa shape index (κ2) is 4.00. The summed E-state index contributed by atoms with van der Waals surface area (Å²) < 4.78 is 5.53. The highest BCUT2D eigenvalue weighted by atomic mass is 16.5. The van der Waals surface area contributed by atoms with Crippen molar-refractivity contribution in [1.82, 2.24) is 4.98 Å². The van der Waals surface area contributed by atoms with Gasteiger partial charge in [-0.2, -0.15) is 0 Å². The lowest BCUT2D eigenvalue weighted by Gasteiger charge is -2.07. The number of para-hydroxylation sites is 1. The number of hydrogen-bond acceptors (Lipinski definition) is 3. The van der Waals surface area contributed by atoms with Crippen molar-refractivity contribution in [3.05, 3.63) is 48.2 Å². The molecule has 3 heteroatoms. The lowest BCUT2D eigenvalue weighted by molar-refractivity contribution is 0.465. The summed E-state index contributed by atoms with van der Waals surface area (Å²) in [6.07, 6.45) is 1.73. The van der Waals surface area contributed by atoms with E-state index in [1.54, 1.807) is 6.20 Å². The molecule has 1 heterocycles. The number of hydrogen-bond donors (Lipinski definition) is 1. The smallest absolute Gasteiger partial charge is 0.242 e. The quantitative estimate of drug-likeness (QED) is 0.810. The predicted molar refractivity (Wildman–Crippen MR) is 59.9 cm³/mol. The second-order valence-electron chi connectivity index (χ2n) is 3.32. The highest BCUT2D eigenvalue weighted by Crippen LogP contribution is 2.24. The Kier molecular flexibility index (Phi) is 2.54. The average Bonchev–Trinajstić information content (AvgIpc) is 2.24. The zero-order valence-corrected chi connectivity index (χ0v) is 8.47. The largest absolute Gasteiger partial charge is 0.437 e. The summed E-state index contributed by atoms with van der Waals surface area (Å²) in [7, 11) is 0. The normalized spacial score (nSPS) is 9.93. The topological polar surface area (TPSA) is 48.1 Å². The van der Waals surface area contributed by atoms with Crippen LogP contribution in [-0.4, -0.2) is 4.98 Å². The van der Waals surface area contributed by atoms with Crippen molar-refractivity contribution in [2.24, 2.45) is 0 Å². The van der Waals surface area contributed by atoms with E-state index in [-0.39, 0.29) is 0 Å². The number of benzene rings is 1. The summed E-state index contributed by atoms with van der Waals surface area (Å²) in [5, 5.41) is 0. The van der Waals surface area contributed by atoms with E-state index >= 15 is 0 Å². The van der Waals surface area contributed by atoms with Crippen LogP contribution in [0, 0.1) is 6.92 Å². The molecule has 15 heavy (non-hydrogen) atoms. The number of ether oxygens (including phenoxy) is 1. The number of anilines is 1. The van der Waals surface area contributed by atoms with Crippen LogP contribution >= 0.6 is 0 Å². The monoisotopic (exact) mass is 200 g/mol. The van der Waals surface area contributed by atoms with Crippen molar-refractivity contribution in [2.45, 2.75) is 6.92 Å². The van der Waals surface area contributed by atoms with Crippen molar-refractivity contribution < 1.29 is 4.74 Å². The summed E-state index contributed by atoms with van der Waals surface area (Å²) in [6, 6.07) is 11.3. The van der Waals surface area contributed by atoms with Crippen LogP contribution in [0.2, 0.25) is 0 Å². The van der Waals surface area contributed by atoms with Crippen molar-refractivity contribution in [3.8, 4) is 11.6 Å². The molecule has 0 aliphatic carbocycles. The fourth-order valence-corrected chi connectivity index (χ4v) is 1.26. The van der Waals surface area contributed by atoms with Crippen molar-refractivity contribution >= 4 is 5.69 Å². The summed E-state index contributed by atoms with van der Waals surface area (Å²) in [4.78, 5) is 4.13. The number of nitrogen functional groups attached to an aromatic ring is 1. The molecular weight excluding hydrogens is 188 g/mol. The van der Waals surface area contributed by atoms with Gasteiger partial charge in [0.25, 0.3) is 0 Å². The fourth-order valence-electron chi connectivity index (χ4n) is 1.26. The van der Waals surface area contributed by atoms with Gasteiger partial charge in [0, 0.05) is 6.20 Å². The van der Waals surface area contributed by atoms with Crippen LogP contribution in [-0.2, 0) is 0 Å². The van der Waals surface area contributed by atoms with Gasteiger partial charge in [0.2, 0.25) is 5.88 Å². The van der Waals surface area contributed by atoms with Gasteiger partial charge in [0.05, 0.1) is 5.69 Å². The Morgan fingerprint density at radius 3 is 2.60 bits per heavy atom. The molecule has 0 saturated carbocycles. The summed E-state index contributed by atoms with van der Waals surface area (Å²) >= 11 is 0. The third-order valence-electron chi connectivity index (χ3n) is 1.97. The van der Waals surface area contributed by atoms with Gasteiger partial charge in [-0.1, -0.05) is 18.2 Å². The third-order valence-corrected chi connectivity index (χ3v) is 1.97. The number of nitrogens with zero attached hydrogens (tertiary/aromatic N) is 1. The molecule has 2 N–H and O–H groups in total. The summed E-state index contributed by atoms with van der Waals surface area (Å²) in [5.41, 5.74) is 7.36. The van der Waals surface area contributed by atoms with Gasteiger partial charge in [0.15, 0.2) is 0 Å². The van der Waals surface area contributed by atoms with Crippen LogP contribution in [0.5, 0.6) is 11.6 Å². The maximum Gasteiger partial charge on any atom is 0.242 e. The Morgan fingerprint density at radius 2 is 1.93 bits per heavy atom. The SMILES string of the molecule is Cc1cnc(Oc2ccccc2)c(N)c1. The van der Waals surface area contributed by atoms with Crippen molar-refractivity contribution in [3.63, 3.8) is 0 Å². The van der Waals surface area contributed by atoms with Gasteiger partial charge in [-0.3, -0.25) is 0 Å². The average molecular weight is 200 g/mol. The molecule has 0 unspecified atom stereocenters. The molecule has 1 aromatic heterocycles. The van der Waals surface area contributed by atoms with Crippen LogP contribution in [0.4, 0.5) is 5.69 Å². The summed E-state index contributed by atoms with van der Waals surface area (Å²) in [5.74, 6) is 1.19. The predicted octanol–water partition coefficient (Wildman–Crippen LogP) is 2.76. The molecule has 0 bridgehead atoms. The lowest BCUT2D eigenvalue weighted by Crippen LogP contribution is -1.95. The van der Waals surface area contributed by atoms with Gasteiger partial charge in [-0.25, -0.2) is 4.98 Å². The molecule has 0 amide bonds. The molecule has 0 aliphatic rings. The Labute approximate surface area is 88.5 Å². The van der Waals surface area contributed by atoms with Gasteiger partial charge in [0.1, 0.15) is 5.75 Å². The van der Waals surface area contributed by atoms with Crippen LogP contribution in [0.3, 0.4) is 0 Å². The number of rotatable bonds is 2. The van der Waals surface area contributed by atoms with Crippen LogP contribution in [0.25, 0.3) is 0 Å². The van der Waals surface area contributed by atoms with Gasteiger partial charge >= 0.3 is 0 Å². The Morgan fingerprint density at radius 1 is 1.20 bits per heavy atom. The number of aromatic nitrogens is 1. The maximum atomic E-state index is 5.78. The highest BCUT2D eigenvalue weighted by Gasteiger charge is 2.02. The molecule has 76 valence electrons. The van der Waals surface area contributed by atoms with Gasteiger partial charge in [-0.05, 0) is 30.7 Å². The Bertz CT molecular complexity index is 454. The standard InChI is InChI=1S/C12H12N2O/c1-9-7-11(13)12(14-8-9)15-10-5-3-2-4-6-10/h2-8H,13H2,1H3. The number of aryl methyl sites for hydroxylation is 1. The third kappa shape index (κ3) is 2.26. The minimum atomic E-state index is 0.451. The van der Waals surface area contributed by atoms with E-state index in [0.29, 0.717) is 11.6 Å². The number of nitrogens with two attached hydrogens (primary N) is 1. The van der Waals surface area contributed by atoms with Crippen LogP contribution in [0.15, 0.2) is 42.6 Å². The molecule has 2 aromatic rings. The minimum absolute atomic E-state index is 0.451. The van der Waals surface area contributed by atoms with Gasteiger partial charge in [-0.15, -0.1) is 0 Å². The molecule has 0 spiro atoms. The fraction of sp³-hybridized carbons (Fsp3) is 0.0833. The van der Waals surface area contributed by atoms with Crippen molar-refractivity contribution in [1.29, 1.82) is 0 Å². The second-order valence-corrected chi connectivity index (χ2v) is 3.32. The van der Waals surface area contributed by atoms with Crippen molar-refractivity contribution in [2.75, 3.05) is 5.73 Å². The number of pyridine rings is 1. The Hall–Kier alpha value is -2.03. The molecule has 0 radical (unpaired) electrons. The molecule has 1 aromatic carbocycles. The minimum Gasteiger partial charge on any atom is -0.437 e. The van der Waals surface area contributed by atoms with Gasteiger partial charge < -0.3 is 10.5 Å². The van der Waals surface area contributed by atoms with E-state index < -0.39 is 0 Å². The first kappa shape index (κ1) is 9.52. The van der Waals surface area contributed by atoms with E-state index in [1.165, 1.54) is 0 Å². The van der Waals surface area contributed by atoms with E-state index in [4.69, 9.17) is 10.5 Å². The summed E-state index contributed by atoms with van der Waals surface area (Å²) in [6.45, 7) is 1.94. The molecule has 0 fully saturated rings. The van der Waals surface area contributed by atoms with E-state index in [0.717, 1.165) is 11.3 Å². The lowest BCUT2D eigenvalue weighted by atomic mass is 10.3. The first-order chi connectivity index (χ1) is 7.25. The van der Waals surface area contributed by atoms with Crippen LogP contribution < -0.4 is 10.5 Å². The van der Waals surface area contributed by atoms with E-state index in [2.05, 4.69) is 4.98 Å². The highest BCUT2D eigenvalue weighted by molar-refractivity contribution is 5.50. The molecule has 0 saturated heterocycles. The molecule has 0 aliphatic heterocycles. The zero-order chi connectivity index (χ0) is 10.7. The van der Waals surface area contributed by atoms with E-state index in [9.17, 15) is 0 Å². The first-order valence-corrected chi connectivity index (χ1v) is 4.71. The van der Waals surface area contributed by atoms with E-state index in [1.807, 2.05) is 43.3 Å². The Balaban J connectivity index is 2.25. The molecular formula is C12H12N2O. The molecule has 2 rings (SSSR count). The first-order valence-electron chi connectivity index (χ1n) is 4.71. The molecule has 0 atom stereocenters. The zero-order valence-electron chi connectivity index (χ0n) is 8.47.